The molecule has 6 nitrogen and oxygen atoms in total. The molecule has 2 rings (SSSR count). The van der Waals surface area contributed by atoms with E-state index in [-0.39, 0.29) is 22.7 Å². The third kappa shape index (κ3) is 3.36. The number of phenols is 1. The molecule has 21 heavy (non-hydrogen) atoms. The largest absolute Gasteiger partial charge is 0.506 e. The standard InChI is InChI=1S/C15H11N3O3/c16-9-10-5-1-2-6-11(10)17-14(20)15(21)18-12-7-3-4-8-13(12)19/h1-8,19H,(H,17,20)(H,18,21). The van der Waals surface area contributed by atoms with Gasteiger partial charge in [-0.25, -0.2) is 0 Å². The Morgan fingerprint density at radius 3 is 2.05 bits per heavy atom. The molecule has 0 fully saturated rings. The predicted octanol–water partition coefficient (Wildman–Crippen LogP) is 1.84. The van der Waals surface area contributed by atoms with Gasteiger partial charge in [-0.3, -0.25) is 9.59 Å². The van der Waals surface area contributed by atoms with Crippen LogP contribution < -0.4 is 10.6 Å². The van der Waals surface area contributed by atoms with Crippen molar-refractivity contribution in [3.63, 3.8) is 0 Å². The Labute approximate surface area is 120 Å². The average molecular weight is 281 g/mol. The first kappa shape index (κ1) is 14.1. The SMILES string of the molecule is N#Cc1ccccc1NC(=O)C(=O)Nc1ccccc1O. The van der Waals surface area contributed by atoms with Crippen molar-refractivity contribution < 1.29 is 14.7 Å². The minimum atomic E-state index is -0.941. The zero-order valence-corrected chi connectivity index (χ0v) is 10.8. The fourth-order valence-electron chi connectivity index (χ4n) is 1.63. The fraction of sp³-hybridized carbons (Fsp3) is 0. The Morgan fingerprint density at radius 2 is 1.43 bits per heavy atom. The van der Waals surface area contributed by atoms with Crippen molar-refractivity contribution in [2.24, 2.45) is 0 Å². The minimum Gasteiger partial charge on any atom is -0.506 e. The van der Waals surface area contributed by atoms with Crippen molar-refractivity contribution in [2.75, 3.05) is 10.6 Å². The summed E-state index contributed by atoms with van der Waals surface area (Å²) in [6.07, 6.45) is 0. The number of nitriles is 1. The lowest BCUT2D eigenvalue weighted by atomic mass is 10.2. The summed E-state index contributed by atoms with van der Waals surface area (Å²) >= 11 is 0. The summed E-state index contributed by atoms with van der Waals surface area (Å²) < 4.78 is 0. The van der Waals surface area contributed by atoms with Crippen molar-refractivity contribution >= 4 is 23.2 Å². The number of rotatable bonds is 2. The third-order valence-electron chi connectivity index (χ3n) is 2.65. The van der Waals surface area contributed by atoms with Crippen molar-refractivity contribution in [2.45, 2.75) is 0 Å². The molecule has 0 atom stereocenters. The van der Waals surface area contributed by atoms with Gasteiger partial charge in [0.1, 0.15) is 11.8 Å². The number of anilines is 2. The number of carbonyl (C=O) groups excluding carboxylic acids is 2. The van der Waals surface area contributed by atoms with Crippen LogP contribution in [-0.2, 0) is 9.59 Å². The lowest BCUT2D eigenvalue weighted by Gasteiger charge is -2.08. The van der Waals surface area contributed by atoms with E-state index in [0.29, 0.717) is 0 Å². The first-order valence-electron chi connectivity index (χ1n) is 6.01. The van der Waals surface area contributed by atoms with Gasteiger partial charge in [-0.2, -0.15) is 5.26 Å². The number of hydrogen-bond acceptors (Lipinski definition) is 4. The summed E-state index contributed by atoms with van der Waals surface area (Å²) in [7, 11) is 0. The van der Waals surface area contributed by atoms with Crippen LogP contribution in [0.3, 0.4) is 0 Å². The Morgan fingerprint density at radius 1 is 0.905 bits per heavy atom. The maximum atomic E-state index is 11.8. The molecule has 0 aromatic heterocycles. The molecule has 0 aliphatic heterocycles. The van der Waals surface area contributed by atoms with E-state index < -0.39 is 11.8 Å². The van der Waals surface area contributed by atoms with Crippen LogP contribution in [0.15, 0.2) is 48.5 Å². The van der Waals surface area contributed by atoms with E-state index >= 15 is 0 Å². The molecule has 0 aliphatic carbocycles. The van der Waals surface area contributed by atoms with Gasteiger partial charge >= 0.3 is 11.8 Å². The summed E-state index contributed by atoms with van der Waals surface area (Å²) in [6, 6.07) is 14.3. The number of hydrogen-bond donors (Lipinski definition) is 3. The predicted molar refractivity (Wildman–Crippen MR) is 76.5 cm³/mol. The Kier molecular flexibility index (Phi) is 4.17. The third-order valence-corrected chi connectivity index (χ3v) is 2.65. The number of aromatic hydroxyl groups is 1. The number of amides is 2. The fourth-order valence-corrected chi connectivity index (χ4v) is 1.63. The monoisotopic (exact) mass is 281 g/mol. The number of phenolic OH excluding ortho intramolecular Hbond substituents is 1. The summed E-state index contributed by atoms with van der Waals surface area (Å²) in [5, 5.41) is 23.1. The van der Waals surface area contributed by atoms with Crippen molar-refractivity contribution in [1.82, 2.24) is 0 Å². The number of para-hydroxylation sites is 3. The molecular formula is C15H11N3O3. The number of nitrogens with one attached hydrogen (secondary N) is 2. The van der Waals surface area contributed by atoms with E-state index in [9.17, 15) is 14.7 Å². The molecule has 0 heterocycles. The van der Waals surface area contributed by atoms with E-state index in [4.69, 9.17) is 5.26 Å². The average Bonchev–Trinajstić information content (AvgIpc) is 2.50. The Hall–Kier alpha value is -3.33. The van der Waals surface area contributed by atoms with Crippen LogP contribution in [-0.4, -0.2) is 16.9 Å². The molecule has 0 bridgehead atoms. The summed E-state index contributed by atoms with van der Waals surface area (Å²) in [5.74, 6) is -2.01. The van der Waals surface area contributed by atoms with Gasteiger partial charge in [0.2, 0.25) is 0 Å². The lowest BCUT2D eigenvalue weighted by Crippen LogP contribution is -2.29. The van der Waals surface area contributed by atoms with Gasteiger partial charge in [0, 0.05) is 0 Å². The highest BCUT2D eigenvalue weighted by Crippen LogP contribution is 2.21. The van der Waals surface area contributed by atoms with E-state index in [0.717, 1.165) is 0 Å². The second-order valence-electron chi connectivity index (χ2n) is 4.08. The smallest absolute Gasteiger partial charge is 0.314 e. The van der Waals surface area contributed by atoms with Gasteiger partial charge in [0.15, 0.2) is 0 Å². The minimum absolute atomic E-state index is 0.131. The van der Waals surface area contributed by atoms with Gasteiger partial charge in [-0.15, -0.1) is 0 Å². The molecule has 2 aromatic carbocycles. The zero-order chi connectivity index (χ0) is 15.2. The highest BCUT2D eigenvalue weighted by Gasteiger charge is 2.16. The summed E-state index contributed by atoms with van der Waals surface area (Å²) in [4.78, 5) is 23.5. The molecule has 3 N–H and O–H groups in total. The molecule has 2 amide bonds. The van der Waals surface area contributed by atoms with Crippen LogP contribution in [0.4, 0.5) is 11.4 Å². The number of nitrogens with zero attached hydrogens (tertiary/aromatic N) is 1. The van der Waals surface area contributed by atoms with Gasteiger partial charge in [0.25, 0.3) is 0 Å². The molecule has 0 saturated heterocycles. The van der Waals surface area contributed by atoms with Crippen LogP contribution in [0, 0.1) is 11.3 Å². The van der Waals surface area contributed by atoms with E-state index in [2.05, 4.69) is 10.6 Å². The van der Waals surface area contributed by atoms with Crippen LogP contribution in [0.25, 0.3) is 0 Å². The molecular weight excluding hydrogens is 270 g/mol. The molecule has 0 aliphatic rings. The summed E-state index contributed by atoms with van der Waals surface area (Å²) in [5.41, 5.74) is 0.630. The normalized spacial score (nSPS) is 9.48. The van der Waals surface area contributed by atoms with Crippen molar-refractivity contribution in [3.8, 4) is 11.8 Å². The van der Waals surface area contributed by atoms with Crippen molar-refractivity contribution in [3.05, 3.63) is 54.1 Å². The highest BCUT2D eigenvalue weighted by atomic mass is 16.3. The second kappa shape index (κ2) is 6.21. The first-order valence-corrected chi connectivity index (χ1v) is 6.01. The van der Waals surface area contributed by atoms with E-state index in [1.165, 1.54) is 24.3 Å². The van der Waals surface area contributed by atoms with Crippen molar-refractivity contribution in [1.29, 1.82) is 5.26 Å². The Balaban J connectivity index is 2.09. The molecule has 104 valence electrons. The van der Waals surface area contributed by atoms with Gasteiger partial charge in [-0.05, 0) is 24.3 Å². The molecule has 0 saturated carbocycles. The zero-order valence-electron chi connectivity index (χ0n) is 10.8. The maximum absolute atomic E-state index is 11.8. The highest BCUT2D eigenvalue weighted by molar-refractivity contribution is 6.43. The van der Waals surface area contributed by atoms with Crippen LogP contribution in [0.1, 0.15) is 5.56 Å². The quantitative estimate of drug-likeness (QED) is 0.577. The molecule has 0 spiro atoms. The van der Waals surface area contributed by atoms with Gasteiger partial charge in [-0.1, -0.05) is 24.3 Å². The molecule has 0 radical (unpaired) electrons. The van der Waals surface area contributed by atoms with Gasteiger partial charge < -0.3 is 15.7 Å². The number of benzene rings is 2. The van der Waals surface area contributed by atoms with Crippen LogP contribution in [0.2, 0.25) is 0 Å². The second-order valence-corrected chi connectivity index (χ2v) is 4.08. The molecule has 6 heteroatoms. The van der Waals surface area contributed by atoms with E-state index in [1.54, 1.807) is 24.3 Å². The van der Waals surface area contributed by atoms with Crippen LogP contribution >= 0.6 is 0 Å². The topological polar surface area (TPSA) is 102 Å². The Bertz CT molecular complexity index is 735. The molecule has 2 aromatic rings. The first-order chi connectivity index (χ1) is 10.1. The molecule has 0 unspecified atom stereocenters. The van der Waals surface area contributed by atoms with E-state index in [1.807, 2.05) is 6.07 Å². The number of carbonyl (C=O) groups is 2. The summed E-state index contributed by atoms with van der Waals surface area (Å²) in [6.45, 7) is 0. The van der Waals surface area contributed by atoms with Gasteiger partial charge in [0.05, 0.1) is 16.9 Å². The van der Waals surface area contributed by atoms with Crippen LogP contribution in [0.5, 0.6) is 5.75 Å². The maximum Gasteiger partial charge on any atom is 0.314 e. The lowest BCUT2D eigenvalue weighted by molar-refractivity contribution is -0.133.